The summed E-state index contributed by atoms with van der Waals surface area (Å²) in [6.07, 6.45) is 0.588. The fourth-order valence-corrected chi connectivity index (χ4v) is 2.69. The van der Waals surface area contributed by atoms with Crippen molar-refractivity contribution in [2.75, 3.05) is 19.8 Å². The lowest BCUT2D eigenvalue weighted by Crippen LogP contribution is -2.26. The lowest BCUT2D eigenvalue weighted by Gasteiger charge is -2.05. The molecule has 104 valence electrons. The topological polar surface area (TPSA) is 104 Å². The van der Waals surface area contributed by atoms with E-state index in [1.54, 1.807) is 6.92 Å². The van der Waals surface area contributed by atoms with Crippen molar-refractivity contribution in [3.8, 4) is 0 Å². The van der Waals surface area contributed by atoms with E-state index < -0.39 is 10.0 Å². The molecule has 0 saturated carbocycles. The number of aliphatic hydroxyl groups is 1. The number of rotatable bonds is 8. The number of nitrogens with zero attached hydrogens (tertiary/aromatic N) is 1. The van der Waals surface area contributed by atoms with Crippen LogP contribution >= 0.6 is 0 Å². The van der Waals surface area contributed by atoms with E-state index in [4.69, 9.17) is 9.84 Å². The molecule has 1 aromatic rings. The van der Waals surface area contributed by atoms with Crippen molar-refractivity contribution in [2.45, 2.75) is 31.9 Å². The third-order valence-electron chi connectivity index (χ3n) is 2.41. The van der Waals surface area contributed by atoms with Gasteiger partial charge < -0.3 is 9.84 Å². The van der Waals surface area contributed by atoms with Crippen molar-refractivity contribution in [3.63, 3.8) is 0 Å². The minimum absolute atomic E-state index is 0.140. The molecule has 0 radical (unpaired) electrons. The molecule has 0 saturated heterocycles. The second kappa shape index (κ2) is 6.83. The smallest absolute Gasteiger partial charge is 0.260 e. The van der Waals surface area contributed by atoms with Gasteiger partial charge in [0, 0.05) is 31.0 Å². The Kier molecular flexibility index (Phi) is 5.73. The average Bonchev–Trinajstić information content (AvgIpc) is 2.70. The number of sulfonamides is 1. The van der Waals surface area contributed by atoms with Gasteiger partial charge in [-0.25, -0.2) is 13.1 Å². The molecule has 0 aliphatic carbocycles. The number of aryl methyl sites for hydroxylation is 1. The Morgan fingerprint density at radius 1 is 1.50 bits per heavy atom. The van der Waals surface area contributed by atoms with Gasteiger partial charge in [-0.2, -0.15) is 5.10 Å². The van der Waals surface area contributed by atoms with Crippen LogP contribution in [0.3, 0.4) is 0 Å². The molecule has 0 aliphatic rings. The Labute approximate surface area is 107 Å². The molecule has 0 fully saturated rings. The first kappa shape index (κ1) is 15.1. The number of ether oxygens (including phenoxy) is 1. The molecule has 8 heteroatoms. The summed E-state index contributed by atoms with van der Waals surface area (Å²) in [5, 5.41) is 15.2. The van der Waals surface area contributed by atoms with Crippen molar-refractivity contribution < 1.29 is 18.3 Å². The summed E-state index contributed by atoms with van der Waals surface area (Å²) in [4.78, 5) is 0. The van der Waals surface area contributed by atoms with Gasteiger partial charge in [0.25, 0.3) is 10.0 Å². The molecule has 7 nitrogen and oxygen atoms in total. The Balaban J connectivity index is 2.63. The molecule has 3 N–H and O–H groups in total. The lowest BCUT2D eigenvalue weighted by atomic mass is 10.3. The van der Waals surface area contributed by atoms with Crippen LogP contribution in [0.25, 0.3) is 0 Å². The molecule has 0 amide bonds. The maximum absolute atomic E-state index is 11.9. The first-order chi connectivity index (χ1) is 8.53. The van der Waals surface area contributed by atoms with Crippen LogP contribution in [0.5, 0.6) is 0 Å². The molecule has 1 heterocycles. The van der Waals surface area contributed by atoms with Crippen LogP contribution in [-0.4, -0.2) is 43.5 Å². The van der Waals surface area contributed by atoms with Gasteiger partial charge in [0.05, 0.1) is 6.61 Å². The van der Waals surface area contributed by atoms with Crippen molar-refractivity contribution in [1.82, 2.24) is 14.9 Å². The van der Waals surface area contributed by atoms with Crippen LogP contribution < -0.4 is 4.72 Å². The van der Waals surface area contributed by atoms with E-state index in [-0.39, 0.29) is 18.2 Å². The molecule has 18 heavy (non-hydrogen) atoms. The lowest BCUT2D eigenvalue weighted by molar-refractivity contribution is 0.146. The van der Waals surface area contributed by atoms with Crippen LogP contribution in [-0.2, 0) is 21.4 Å². The van der Waals surface area contributed by atoms with E-state index in [1.807, 2.05) is 6.92 Å². The summed E-state index contributed by atoms with van der Waals surface area (Å²) < 4.78 is 31.4. The van der Waals surface area contributed by atoms with Gasteiger partial charge in [-0.1, -0.05) is 0 Å². The van der Waals surface area contributed by atoms with Crippen molar-refractivity contribution in [2.24, 2.45) is 0 Å². The van der Waals surface area contributed by atoms with Gasteiger partial charge >= 0.3 is 0 Å². The predicted molar refractivity (Wildman–Crippen MR) is 65.5 cm³/mol. The minimum atomic E-state index is -3.68. The monoisotopic (exact) mass is 277 g/mol. The SMILES string of the molecule is CCOCCCNS(=O)(=O)c1n[nH]c(C)c1CO. The van der Waals surface area contributed by atoms with E-state index in [0.29, 0.717) is 30.9 Å². The highest BCUT2D eigenvalue weighted by molar-refractivity contribution is 7.89. The van der Waals surface area contributed by atoms with Crippen molar-refractivity contribution in [1.29, 1.82) is 0 Å². The first-order valence-electron chi connectivity index (χ1n) is 5.75. The van der Waals surface area contributed by atoms with Crippen LogP contribution in [0.15, 0.2) is 5.03 Å². The molecule has 1 rings (SSSR count). The number of nitrogens with one attached hydrogen (secondary N) is 2. The maximum atomic E-state index is 11.9. The van der Waals surface area contributed by atoms with E-state index in [9.17, 15) is 8.42 Å². The molecular formula is C10H19N3O4S. The van der Waals surface area contributed by atoms with Gasteiger partial charge in [-0.15, -0.1) is 0 Å². The summed E-state index contributed by atoms with van der Waals surface area (Å²) >= 11 is 0. The number of H-pyrrole nitrogens is 1. The highest BCUT2D eigenvalue weighted by Crippen LogP contribution is 2.15. The Bertz CT molecular complexity index is 469. The zero-order chi connectivity index (χ0) is 13.6. The number of hydrogen-bond acceptors (Lipinski definition) is 5. The van der Waals surface area contributed by atoms with Crippen LogP contribution in [0.2, 0.25) is 0 Å². The molecular weight excluding hydrogens is 258 g/mol. The molecule has 0 atom stereocenters. The van der Waals surface area contributed by atoms with Gasteiger partial charge in [-0.3, -0.25) is 5.10 Å². The summed E-state index contributed by atoms with van der Waals surface area (Å²) in [7, 11) is -3.68. The second-order valence-electron chi connectivity index (χ2n) is 3.74. The quantitative estimate of drug-likeness (QED) is 0.576. The summed E-state index contributed by atoms with van der Waals surface area (Å²) in [6, 6.07) is 0. The molecule has 0 aliphatic heterocycles. The molecule has 0 spiro atoms. The number of aromatic amines is 1. The molecule has 0 unspecified atom stereocenters. The number of hydrogen-bond donors (Lipinski definition) is 3. The van der Waals surface area contributed by atoms with Gasteiger partial charge in [0.2, 0.25) is 0 Å². The van der Waals surface area contributed by atoms with Crippen LogP contribution in [0, 0.1) is 6.92 Å². The van der Waals surface area contributed by atoms with Crippen molar-refractivity contribution >= 4 is 10.0 Å². The third-order valence-corrected chi connectivity index (χ3v) is 3.84. The average molecular weight is 277 g/mol. The summed E-state index contributed by atoms with van der Waals surface area (Å²) in [5.41, 5.74) is 0.847. The second-order valence-corrected chi connectivity index (χ2v) is 5.42. The number of aliphatic hydroxyl groups excluding tert-OH is 1. The maximum Gasteiger partial charge on any atom is 0.260 e. The van der Waals surface area contributed by atoms with Gasteiger partial charge in [-0.05, 0) is 20.3 Å². The normalized spacial score (nSPS) is 11.9. The number of aromatic nitrogens is 2. The molecule has 0 aromatic carbocycles. The van der Waals surface area contributed by atoms with E-state index in [2.05, 4.69) is 14.9 Å². The van der Waals surface area contributed by atoms with Crippen LogP contribution in [0.4, 0.5) is 0 Å². The summed E-state index contributed by atoms with van der Waals surface area (Å²) in [6.45, 7) is 4.57. The molecule has 1 aromatic heterocycles. The van der Waals surface area contributed by atoms with Crippen molar-refractivity contribution in [3.05, 3.63) is 11.3 Å². The fourth-order valence-electron chi connectivity index (χ4n) is 1.43. The first-order valence-corrected chi connectivity index (χ1v) is 7.23. The Morgan fingerprint density at radius 3 is 2.83 bits per heavy atom. The predicted octanol–water partition coefficient (Wildman–Crippen LogP) is -0.0847. The largest absolute Gasteiger partial charge is 0.392 e. The Hall–Kier alpha value is -0.960. The van der Waals surface area contributed by atoms with E-state index in [1.165, 1.54) is 0 Å². The third kappa shape index (κ3) is 3.77. The zero-order valence-corrected chi connectivity index (χ0v) is 11.4. The highest BCUT2D eigenvalue weighted by Gasteiger charge is 2.22. The summed E-state index contributed by atoms with van der Waals surface area (Å²) in [5.74, 6) is 0. The van der Waals surface area contributed by atoms with Gasteiger partial charge in [0.15, 0.2) is 5.03 Å². The minimum Gasteiger partial charge on any atom is -0.392 e. The standard InChI is InChI=1S/C10H19N3O4S/c1-3-17-6-4-5-11-18(15,16)10-9(7-14)8(2)12-13-10/h11,14H,3-7H2,1-2H3,(H,12,13). The molecule has 0 bridgehead atoms. The fraction of sp³-hybridized carbons (Fsp3) is 0.700. The van der Waals surface area contributed by atoms with E-state index in [0.717, 1.165) is 0 Å². The van der Waals surface area contributed by atoms with E-state index >= 15 is 0 Å². The van der Waals surface area contributed by atoms with Crippen LogP contribution in [0.1, 0.15) is 24.6 Å². The van der Waals surface area contributed by atoms with Gasteiger partial charge in [0.1, 0.15) is 0 Å². The zero-order valence-electron chi connectivity index (χ0n) is 10.6. The highest BCUT2D eigenvalue weighted by atomic mass is 32.2. The Morgan fingerprint density at radius 2 is 2.22 bits per heavy atom.